The standard InChI is InChI=1S/C12H12N6O/c13-9(8-4-2-1-3-5-8)6-11-15-12(17-19-11)10-7-14-18-16-10/h1-5,7,9H,6,13H2,(H,14,16,18). The molecule has 3 N–H and O–H groups in total. The first kappa shape index (κ1) is 11.5. The molecule has 0 saturated carbocycles. The van der Waals surface area contributed by atoms with E-state index in [9.17, 15) is 0 Å². The minimum atomic E-state index is -0.174. The molecule has 0 amide bonds. The van der Waals surface area contributed by atoms with Crippen LogP contribution in [0.2, 0.25) is 0 Å². The second-order valence-electron chi connectivity index (χ2n) is 4.09. The average molecular weight is 256 g/mol. The summed E-state index contributed by atoms with van der Waals surface area (Å²) in [5.41, 5.74) is 7.67. The highest BCUT2D eigenvalue weighted by Gasteiger charge is 2.14. The number of aromatic nitrogens is 5. The van der Waals surface area contributed by atoms with E-state index in [2.05, 4.69) is 25.6 Å². The van der Waals surface area contributed by atoms with Crippen molar-refractivity contribution in [2.45, 2.75) is 12.5 Å². The van der Waals surface area contributed by atoms with Gasteiger partial charge in [0.25, 0.3) is 0 Å². The maximum Gasteiger partial charge on any atom is 0.228 e. The molecule has 3 aromatic rings. The molecule has 0 aliphatic carbocycles. The van der Waals surface area contributed by atoms with Crippen molar-refractivity contribution < 1.29 is 4.52 Å². The third-order valence-corrected chi connectivity index (χ3v) is 2.73. The molecule has 1 atom stereocenters. The van der Waals surface area contributed by atoms with Gasteiger partial charge in [0.15, 0.2) is 5.69 Å². The van der Waals surface area contributed by atoms with Crippen molar-refractivity contribution in [2.24, 2.45) is 5.73 Å². The largest absolute Gasteiger partial charge is 0.339 e. The van der Waals surface area contributed by atoms with Crippen LogP contribution < -0.4 is 5.73 Å². The van der Waals surface area contributed by atoms with Gasteiger partial charge >= 0.3 is 0 Å². The quantitative estimate of drug-likeness (QED) is 0.723. The Bertz CT molecular complexity index is 633. The maximum atomic E-state index is 6.09. The van der Waals surface area contributed by atoms with Gasteiger partial charge in [-0.25, -0.2) is 0 Å². The number of benzene rings is 1. The Hall–Kier alpha value is -2.54. The topological polar surface area (TPSA) is 107 Å². The second-order valence-corrected chi connectivity index (χ2v) is 4.09. The predicted octanol–water partition coefficient (Wildman–Crippen LogP) is 1.10. The van der Waals surface area contributed by atoms with E-state index >= 15 is 0 Å². The van der Waals surface area contributed by atoms with E-state index in [-0.39, 0.29) is 6.04 Å². The fourth-order valence-electron chi connectivity index (χ4n) is 1.76. The first-order chi connectivity index (χ1) is 9.33. The number of hydrogen-bond donors (Lipinski definition) is 2. The molecule has 0 aliphatic heterocycles. The second kappa shape index (κ2) is 4.99. The minimum absolute atomic E-state index is 0.174. The fraction of sp³-hybridized carbons (Fsp3) is 0.167. The zero-order valence-electron chi connectivity index (χ0n) is 10.0. The van der Waals surface area contributed by atoms with Gasteiger partial charge in [-0.1, -0.05) is 35.5 Å². The summed E-state index contributed by atoms with van der Waals surface area (Å²) < 4.78 is 5.16. The van der Waals surface area contributed by atoms with Crippen LogP contribution in [0.1, 0.15) is 17.5 Å². The van der Waals surface area contributed by atoms with Crippen molar-refractivity contribution in [1.29, 1.82) is 0 Å². The molecule has 96 valence electrons. The van der Waals surface area contributed by atoms with Crippen LogP contribution in [0, 0.1) is 0 Å². The lowest BCUT2D eigenvalue weighted by Gasteiger charge is -2.08. The normalized spacial score (nSPS) is 12.5. The SMILES string of the molecule is NC(Cc1nc(-c2cn[nH]n2)no1)c1ccccc1. The molecular formula is C12H12N6O. The number of nitrogens with one attached hydrogen (secondary N) is 1. The zero-order chi connectivity index (χ0) is 13.1. The van der Waals surface area contributed by atoms with Gasteiger partial charge in [0.1, 0.15) is 0 Å². The molecule has 0 radical (unpaired) electrons. The molecular weight excluding hydrogens is 244 g/mol. The van der Waals surface area contributed by atoms with E-state index in [0.717, 1.165) is 5.56 Å². The Balaban J connectivity index is 1.74. The van der Waals surface area contributed by atoms with E-state index in [4.69, 9.17) is 10.3 Å². The van der Waals surface area contributed by atoms with Crippen LogP contribution in [0.4, 0.5) is 0 Å². The zero-order valence-corrected chi connectivity index (χ0v) is 10.0. The summed E-state index contributed by atoms with van der Waals surface area (Å²) in [6.45, 7) is 0. The van der Waals surface area contributed by atoms with Crippen molar-refractivity contribution in [1.82, 2.24) is 25.6 Å². The van der Waals surface area contributed by atoms with E-state index < -0.39 is 0 Å². The van der Waals surface area contributed by atoms with Crippen LogP contribution in [0.25, 0.3) is 11.5 Å². The molecule has 2 aromatic heterocycles. The summed E-state index contributed by atoms with van der Waals surface area (Å²) >= 11 is 0. The molecule has 3 rings (SSSR count). The van der Waals surface area contributed by atoms with E-state index in [0.29, 0.717) is 23.8 Å². The third-order valence-electron chi connectivity index (χ3n) is 2.73. The molecule has 0 saturated heterocycles. The molecule has 2 heterocycles. The first-order valence-corrected chi connectivity index (χ1v) is 5.82. The van der Waals surface area contributed by atoms with Gasteiger partial charge in [0.2, 0.25) is 11.7 Å². The number of nitrogens with two attached hydrogens (primary N) is 1. The first-order valence-electron chi connectivity index (χ1n) is 5.82. The summed E-state index contributed by atoms with van der Waals surface area (Å²) in [6, 6.07) is 9.62. The Morgan fingerprint density at radius 3 is 2.84 bits per heavy atom. The van der Waals surface area contributed by atoms with Crippen LogP contribution in [0.3, 0.4) is 0 Å². The van der Waals surface area contributed by atoms with Crippen molar-refractivity contribution in [2.75, 3.05) is 0 Å². The molecule has 7 nitrogen and oxygen atoms in total. The summed E-state index contributed by atoms with van der Waals surface area (Å²) in [5.74, 6) is 0.887. The number of rotatable bonds is 4. The lowest BCUT2D eigenvalue weighted by Crippen LogP contribution is -2.13. The minimum Gasteiger partial charge on any atom is -0.339 e. The van der Waals surface area contributed by atoms with Crippen LogP contribution in [0.5, 0.6) is 0 Å². The van der Waals surface area contributed by atoms with Crippen LogP contribution >= 0.6 is 0 Å². The smallest absolute Gasteiger partial charge is 0.228 e. The van der Waals surface area contributed by atoms with Crippen LogP contribution in [-0.4, -0.2) is 25.6 Å². The van der Waals surface area contributed by atoms with Gasteiger partial charge in [-0.05, 0) is 5.56 Å². The molecule has 7 heteroatoms. The highest BCUT2D eigenvalue weighted by molar-refractivity contribution is 5.44. The molecule has 19 heavy (non-hydrogen) atoms. The van der Waals surface area contributed by atoms with E-state index in [1.165, 1.54) is 6.20 Å². The van der Waals surface area contributed by atoms with Gasteiger partial charge in [0.05, 0.1) is 6.20 Å². The molecule has 0 spiro atoms. The number of nitrogens with zero attached hydrogens (tertiary/aromatic N) is 4. The number of H-pyrrole nitrogens is 1. The summed E-state index contributed by atoms with van der Waals surface area (Å²) in [5, 5.41) is 13.9. The lowest BCUT2D eigenvalue weighted by atomic mass is 10.1. The number of hydrogen-bond acceptors (Lipinski definition) is 6. The highest BCUT2D eigenvalue weighted by atomic mass is 16.5. The Morgan fingerprint density at radius 2 is 2.11 bits per heavy atom. The van der Waals surface area contributed by atoms with E-state index in [1.807, 2.05) is 30.3 Å². The Kier molecular flexibility index (Phi) is 3.03. The third kappa shape index (κ3) is 2.50. The molecule has 0 aliphatic rings. The Morgan fingerprint density at radius 1 is 1.26 bits per heavy atom. The van der Waals surface area contributed by atoms with Crippen molar-refractivity contribution in [3.05, 3.63) is 48.0 Å². The van der Waals surface area contributed by atoms with Gasteiger partial charge in [-0.3, -0.25) is 0 Å². The van der Waals surface area contributed by atoms with Crippen molar-refractivity contribution in [3.63, 3.8) is 0 Å². The van der Waals surface area contributed by atoms with E-state index in [1.54, 1.807) is 0 Å². The monoisotopic (exact) mass is 256 g/mol. The highest BCUT2D eigenvalue weighted by Crippen LogP contribution is 2.17. The van der Waals surface area contributed by atoms with Gasteiger partial charge in [-0.2, -0.15) is 20.4 Å². The van der Waals surface area contributed by atoms with Crippen molar-refractivity contribution >= 4 is 0 Å². The van der Waals surface area contributed by atoms with Gasteiger partial charge < -0.3 is 10.3 Å². The maximum absolute atomic E-state index is 6.09. The summed E-state index contributed by atoms with van der Waals surface area (Å²) in [4.78, 5) is 4.24. The summed E-state index contributed by atoms with van der Waals surface area (Å²) in [7, 11) is 0. The summed E-state index contributed by atoms with van der Waals surface area (Å²) in [6.07, 6.45) is 2.01. The lowest BCUT2D eigenvalue weighted by molar-refractivity contribution is 0.370. The average Bonchev–Trinajstić information content (AvgIpc) is 3.10. The fourth-order valence-corrected chi connectivity index (χ4v) is 1.76. The van der Waals surface area contributed by atoms with Gasteiger partial charge in [-0.15, -0.1) is 0 Å². The van der Waals surface area contributed by atoms with Gasteiger partial charge in [0, 0.05) is 12.5 Å². The van der Waals surface area contributed by atoms with Crippen LogP contribution in [-0.2, 0) is 6.42 Å². The predicted molar refractivity (Wildman–Crippen MR) is 66.7 cm³/mol. The molecule has 0 bridgehead atoms. The van der Waals surface area contributed by atoms with Crippen LogP contribution in [0.15, 0.2) is 41.1 Å². The molecule has 1 aromatic carbocycles. The molecule has 1 unspecified atom stereocenters. The number of aromatic amines is 1. The molecule has 0 fully saturated rings. The Labute approximate surface area is 108 Å². The van der Waals surface area contributed by atoms with Crippen molar-refractivity contribution in [3.8, 4) is 11.5 Å².